The van der Waals surface area contributed by atoms with E-state index in [1.54, 1.807) is 0 Å². The first-order valence-corrected chi connectivity index (χ1v) is 4.75. The number of hydrogen-bond donors (Lipinski definition) is 1. The van der Waals surface area contributed by atoms with E-state index in [4.69, 9.17) is 10.5 Å². The molecule has 1 aliphatic heterocycles. The Hall–Kier alpha value is -1.36. The summed E-state index contributed by atoms with van der Waals surface area (Å²) >= 11 is 0. The highest BCUT2D eigenvalue weighted by Crippen LogP contribution is 2.24. The summed E-state index contributed by atoms with van der Waals surface area (Å²) in [5.74, 6) is -1.42. The van der Waals surface area contributed by atoms with Gasteiger partial charge < -0.3 is 15.4 Å². The summed E-state index contributed by atoms with van der Waals surface area (Å²) in [6, 6.07) is 2.51. The monoisotopic (exact) mass is 214 g/mol. The van der Waals surface area contributed by atoms with E-state index < -0.39 is 17.3 Å². The summed E-state index contributed by atoms with van der Waals surface area (Å²) in [5, 5.41) is 0. The molecule has 2 N–H and O–H groups in total. The molecular weight excluding hydrogens is 202 g/mol. The summed E-state index contributed by atoms with van der Waals surface area (Å²) in [5.41, 5.74) is 5.28. The van der Waals surface area contributed by atoms with Gasteiger partial charge in [0.15, 0.2) is 11.6 Å². The van der Waals surface area contributed by atoms with Crippen LogP contribution >= 0.6 is 0 Å². The normalized spacial score (nSPS) is 16.8. The van der Waals surface area contributed by atoms with Crippen molar-refractivity contribution in [3.8, 4) is 0 Å². The molecule has 2 rings (SSSR count). The van der Waals surface area contributed by atoms with Gasteiger partial charge in [-0.3, -0.25) is 0 Å². The Morgan fingerprint density at radius 3 is 2.20 bits per heavy atom. The van der Waals surface area contributed by atoms with Gasteiger partial charge >= 0.3 is 0 Å². The maximum atomic E-state index is 13.2. The van der Waals surface area contributed by atoms with Crippen LogP contribution in [0, 0.1) is 11.6 Å². The Morgan fingerprint density at radius 2 is 1.67 bits per heavy atom. The third kappa shape index (κ3) is 2.02. The highest BCUT2D eigenvalue weighted by Gasteiger charge is 2.15. The van der Waals surface area contributed by atoms with Crippen LogP contribution in [0.2, 0.25) is 0 Å². The van der Waals surface area contributed by atoms with Gasteiger partial charge in [-0.15, -0.1) is 0 Å². The molecule has 1 heterocycles. The predicted octanol–water partition coefficient (Wildman–Crippen LogP) is 1.38. The quantitative estimate of drug-likeness (QED) is 0.718. The lowest BCUT2D eigenvalue weighted by Gasteiger charge is -2.29. The number of nitrogens with two attached hydrogens (primary N) is 1. The molecule has 15 heavy (non-hydrogen) atoms. The standard InChI is InChI=1S/C10H12F2N2O/c11-8-5-7(6-9(12)10(8)13)14-1-3-15-4-2-14/h5-6H,1-4,13H2. The number of hydrogen-bond acceptors (Lipinski definition) is 3. The molecule has 1 aliphatic rings. The van der Waals surface area contributed by atoms with Crippen LogP contribution in [0.15, 0.2) is 12.1 Å². The highest BCUT2D eigenvalue weighted by atomic mass is 19.1. The first-order valence-electron chi connectivity index (χ1n) is 4.75. The Bertz CT molecular complexity index is 341. The minimum absolute atomic E-state index is 0.424. The fourth-order valence-electron chi connectivity index (χ4n) is 1.58. The number of rotatable bonds is 1. The van der Waals surface area contributed by atoms with Crippen molar-refractivity contribution in [2.45, 2.75) is 0 Å². The lowest BCUT2D eigenvalue weighted by molar-refractivity contribution is 0.122. The molecule has 1 saturated heterocycles. The van der Waals surface area contributed by atoms with Crippen LogP contribution < -0.4 is 10.6 Å². The minimum Gasteiger partial charge on any atom is -0.394 e. The van der Waals surface area contributed by atoms with Crippen LogP contribution in [0.5, 0.6) is 0 Å². The molecule has 0 spiro atoms. The molecule has 1 aromatic carbocycles. The first-order chi connectivity index (χ1) is 7.18. The second-order valence-electron chi connectivity index (χ2n) is 3.42. The van der Waals surface area contributed by atoms with Crippen LogP contribution in [0.4, 0.5) is 20.2 Å². The van der Waals surface area contributed by atoms with Crippen molar-refractivity contribution < 1.29 is 13.5 Å². The molecule has 82 valence electrons. The molecule has 0 bridgehead atoms. The van der Waals surface area contributed by atoms with E-state index in [1.165, 1.54) is 12.1 Å². The Morgan fingerprint density at radius 1 is 1.13 bits per heavy atom. The Kier molecular flexibility index (Phi) is 2.73. The van der Waals surface area contributed by atoms with Crippen molar-refractivity contribution in [1.82, 2.24) is 0 Å². The second-order valence-corrected chi connectivity index (χ2v) is 3.42. The topological polar surface area (TPSA) is 38.5 Å². The van der Waals surface area contributed by atoms with Crippen LogP contribution in [0.1, 0.15) is 0 Å². The second kappa shape index (κ2) is 4.02. The molecular formula is C10H12F2N2O. The molecule has 3 nitrogen and oxygen atoms in total. The first kappa shape index (κ1) is 10.2. The van der Waals surface area contributed by atoms with Crippen molar-refractivity contribution in [1.29, 1.82) is 0 Å². The molecule has 0 aromatic heterocycles. The number of nitrogens with zero attached hydrogens (tertiary/aromatic N) is 1. The number of anilines is 2. The SMILES string of the molecule is Nc1c(F)cc(N2CCOCC2)cc1F. The Balaban J connectivity index is 2.27. The maximum absolute atomic E-state index is 13.2. The summed E-state index contributed by atoms with van der Waals surface area (Å²) in [6.07, 6.45) is 0. The average molecular weight is 214 g/mol. The number of halogens is 2. The zero-order chi connectivity index (χ0) is 10.8. The van der Waals surface area contributed by atoms with E-state index in [1.807, 2.05) is 4.90 Å². The zero-order valence-electron chi connectivity index (χ0n) is 8.17. The third-order valence-electron chi connectivity index (χ3n) is 2.44. The molecule has 1 aromatic rings. The minimum atomic E-state index is -0.712. The van der Waals surface area contributed by atoms with Gasteiger partial charge in [-0.05, 0) is 12.1 Å². The van der Waals surface area contributed by atoms with E-state index in [9.17, 15) is 8.78 Å². The lowest BCUT2D eigenvalue weighted by Crippen LogP contribution is -2.36. The van der Waals surface area contributed by atoms with E-state index in [2.05, 4.69) is 0 Å². The van der Waals surface area contributed by atoms with Gasteiger partial charge in [-0.1, -0.05) is 0 Å². The fourth-order valence-corrected chi connectivity index (χ4v) is 1.58. The van der Waals surface area contributed by atoms with Gasteiger partial charge in [0.05, 0.1) is 13.2 Å². The van der Waals surface area contributed by atoms with E-state index >= 15 is 0 Å². The van der Waals surface area contributed by atoms with E-state index in [0.717, 1.165) is 0 Å². The Labute approximate surface area is 86.4 Å². The fraction of sp³-hybridized carbons (Fsp3) is 0.400. The summed E-state index contributed by atoms with van der Waals surface area (Å²) in [6.45, 7) is 2.44. The van der Waals surface area contributed by atoms with E-state index in [0.29, 0.717) is 32.0 Å². The summed E-state index contributed by atoms with van der Waals surface area (Å²) in [7, 11) is 0. The van der Waals surface area contributed by atoms with Crippen molar-refractivity contribution >= 4 is 11.4 Å². The van der Waals surface area contributed by atoms with Crippen LogP contribution in [0.25, 0.3) is 0 Å². The average Bonchev–Trinajstić information content (AvgIpc) is 2.26. The lowest BCUT2D eigenvalue weighted by atomic mass is 10.2. The van der Waals surface area contributed by atoms with Gasteiger partial charge in [0.2, 0.25) is 0 Å². The summed E-state index contributed by atoms with van der Waals surface area (Å²) in [4.78, 5) is 1.87. The van der Waals surface area contributed by atoms with Crippen LogP contribution in [0.3, 0.4) is 0 Å². The van der Waals surface area contributed by atoms with Gasteiger partial charge in [-0.25, -0.2) is 8.78 Å². The van der Waals surface area contributed by atoms with Gasteiger partial charge in [0.1, 0.15) is 5.69 Å². The molecule has 0 saturated carbocycles. The van der Waals surface area contributed by atoms with Crippen LogP contribution in [-0.4, -0.2) is 26.3 Å². The number of ether oxygens (including phenoxy) is 1. The molecule has 0 unspecified atom stereocenters. The number of benzene rings is 1. The van der Waals surface area contributed by atoms with Gasteiger partial charge in [-0.2, -0.15) is 0 Å². The van der Waals surface area contributed by atoms with E-state index in [-0.39, 0.29) is 0 Å². The van der Waals surface area contributed by atoms with Crippen LogP contribution in [-0.2, 0) is 4.74 Å². The molecule has 0 radical (unpaired) electrons. The molecule has 5 heteroatoms. The maximum Gasteiger partial charge on any atom is 0.151 e. The number of morpholine rings is 1. The van der Waals surface area contributed by atoms with Crippen molar-refractivity contribution in [3.05, 3.63) is 23.8 Å². The molecule has 0 aliphatic carbocycles. The van der Waals surface area contributed by atoms with Crippen molar-refractivity contribution in [2.75, 3.05) is 36.9 Å². The number of nitrogen functional groups attached to an aromatic ring is 1. The highest BCUT2D eigenvalue weighted by molar-refractivity contribution is 5.55. The summed E-state index contributed by atoms with van der Waals surface area (Å²) < 4.78 is 31.5. The van der Waals surface area contributed by atoms with Gasteiger partial charge in [0, 0.05) is 18.8 Å². The van der Waals surface area contributed by atoms with Crippen molar-refractivity contribution in [3.63, 3.8) is 0 Å². The largest absolute Gasteiger partial charge is 0.394 e. The predicted molar refractivity (Wildman–Crippen MR) is 53.8 cm³/mol. The molecule has 1 fully saturated rings. The third-order valence-corrected chi connectivity index (χ3v) is 2.44. The van der Waals surface area contributed by atoms with Crippen molar-refractivity contribution in [2.24, 2.45) is 0 Å². The molecule has 0 amide bonds. The van der Waals surface area contributed by atoms with Gasteiger partial charge in [0.25, 0.3) is 0 Å². The molecule has 0 atom stereocenters. The zero-order valence-corrected chi connectivity index (χ0v) is 8.17. The smallest absolute Gasteiger partial charge is 0.151 e.